The molecule has 3 rings (SSSR count). The second-order valence-electron chi connectivity index (χ2n) is 7.14. The molecule has 0 aromatic carbocycles. The van der Waals surface area contributed by atoms with Crippen molar-refractivity contribution in [3.63, 3.8) is 0 Å². The molecular formula is C16H22ClN5O5. The standard InChI is InChI=1S/C16H22ClN5O5/c17-12-11(7-18-21-13(12)23)22-6-3-9(8-22)16(20-15(26)27)4-1-10(2-5-16)19-14(24)25/h7,9-10,19-20H,1-6,8H2,(H,21,23)(H,24,25)(H,26,27). The summed E-state index contributed by atoms with van der Waals surface area (Å²) < 4.78 is 0. The minimum absolute atomic E-state index is 0.0229. The Balaban J connectivity index is 1.75. The van der Waals surface area contributed by atoms with Crippen molar-refractivity contribution >= 4 is 29.5 Å². The van der Waals surface area contributed by atoms with Crippen LogP contribution < -0.4 is 21.1 Å². The van der Waals surface area contributed by atoms with Gasteiger partial charge in [-0.1, -0.05) is 11.6 Å². The van der Waals surface area contributed by atoms with E-state index >= 15 is 0 Å². The minimum atomic E-state index is -1.09. The lowest BCUT2D eigenvalue weighted by Crippen LogP contribution is -2.58. The van der Waals surface area contributed by atoms with E-state index in [0.717, 1.165) is 6.42 Å². The van der Waals surface area contributed by atoms with Crippen molar-refractivity contribution in [1.82, 2.24) is 20.8 Å². The fourth-order valence-electron chi connectivity index (χ4n) is 4.32. The van der Waals surface area contributed by atoms with Gasteiger partial charge in [-0.05, 0) is 32.1 Å². The van der Waals surface area contributed by atoms with Gasteiger partial charge in [-0.25, -0.2) is 14.7 Å². The second kappa shape index (κ2) is 7.63. The molecular weight excluding hydrogens is 378 g/mol. The maximum absolute atomic E-state index is 11.7. The average Bonchev–Trinajstić information content (AvgIpc) is 3.09. The van der Waals surface area contributed by atoms with Gasteiger partial charge in [-0.15, -0.1) is 0 Å². The van der Waals surface area contributed by atoms with Crippen molar-refractivity contribution in [1.29, 1.82) is 0 Å². The number of carbonyl (C=O) groups is 2. The Morgan fingerprint density at radius 1 is 1.26 bits per heavy atom. The summed E-state index contributed by atoms with van der Waals surface area (Å²) in [5.41, 5.74) is -0.552. The number of halogens is 1. The summed E-state index contributed by atoms with van der Waals surface area (Å²) in [6.07, 6.45) is 2.30. The lowest BCUT2D eigenvalue weighted by molar-refractivity contribution is 0.118. The van der Waals surface area contributed by atoms with E-state index in [-0.39, 0.29) is 17.0 Å². The topological polar surface area (TPSA) is 148 Å². The molecule has 2 fully saturated rings. The lowest BCUT2D eigenvalue weighted by atomic mass is 9.71. The molecule has 1 aliphatic heterocycles. The number of hydrogen-bond donors (Lipinski definition) is 5. The molecule has 2 aliphatic rings. The SMILES string of the molecule is O=C(O)NC1CCC(NC(=O)O)(C2CCN(c3cn[nH]c(=O)c3Cl)C2)CC1. The van der Waals surface area contributed by atoms with Crippen LogP contribution in [0.25, 0.3) is 0 Å². The fourth-order valence-corrected chi connectivity index (χ4v) is 4.54. The van der Waals surface area contributed by atoms with Gasteiger partial charge >= 0.3 is 12.2 Å². The highest BCUT2D eigenvalue weighted by Crippen LogP contribution is 2.40. The van der Waals surface area contributed by atoms with Crippen LogP contribution in [0.4, 0.5) is 15.3 Å². The maximum Gasteiger partial charge on any atom is 0.405 e. The number of aromatic nitrogens is 2. The quantitative estimate of drug-likeness (QED) is 0.514. The van der Waals surface area contributed by atoms with E-state index in [9.17, 15) is 19.5 Å². The van der Waals surface area contributed by atoms with Crippen molar-refractivity contribution in [2.45, 2.75) is 43.7 Å². The molecule has 1 aromatic heterocycles. The molecule has 1 saturated heterocycles. The fraction of sp³-hybridized carbons (Fsp3) is 0.625. The zero-order chi connectivity index (χ0) is 19.6. The lowest BCUT2D eigenvalue weighted by Gasteiger charge is -2.44. The monoisotopic (exact) mass is 399 g/mol. The van der Waals surface area contributed by atoms with Crippen LogP contribution in [0, 0.1) is 5.92 Å². The largest absolute Gasteiger partial charge is 0.465 e. The normalized spacial score (nSPS) is 28.0. The first-order valence-electron chi connectivity index (χ1n) is 8.79. The highest BCUT2D eigenvalue weighted by atomic mass is 35.5. The van der Waals surface area contributed by atoms with Crippen LogP contribution in [-0.2, 0) is 0 Å². The number of aromatic amines is 1. The molecule has 1 aliphatic carbocycles. The predicted octanol–water partition coefficient (Wildman–Crippen LogP) is 1.47. The smallest absolute Gasteiger partial charge is 0.405 e. The Morgan fingerprint density at radius 2 is 1.96 bits per heavy atom. The third kappa shape index (κ3) is 4.10. The summed E-state index contributed by atoms with van der Waals surface area (Å²) in [4.78, 5) is 35.9. The molecule has 1 unspecified atom stereocenters. The van der Waals surface area contributed by atoms with Gasteiger partial charge in [0.15, 0.2) is 0 Å². The predicted molar refractivity (Wildman–Crippen MR) is 97.5 cm³/mol. The van der Waals surface area contributed by atoms with Crippen LogP contribution in [0.3, 0.4) is 0 Å². The van der Waals surface area contributed by atoms with Crippen molar-refractivity contribution < 1.29 is 19.8 Å². The van der Waals surface area contributed by atoms with Crippen LogP contribution in [0.15, 0.2) is 11.0 Å². The van der Waals surface area contributed by atoms with E-state index < -0.39 is 23.3 Å². The molecule has 0 spiro atoms. The van der Waals surface area contributed by atoms with Gasteiger partial charge in [0.05, 0.1) is 11.9 Å². The van der Waals surface area contributed by atoms with E-state index in [0.29, 0.717) is 44.5 Å². The molecule has 1 aromatic rings. The van der Waals surface area contributed by atoms with E-state index in [2.05, 4.69) is 20.8 Å². The summed E-state index contributed by atoms with van der Waals surface area (Å²) in [5, 5.41) is 29.6. The molecule has 148 valence electrons. The highest BCUT2D eigenvalue weighted by molar-refractivity contribution is 6.33. The molecule has 27 heavy (non-hydrogen) atoms. The van der Waals surface area contributed by atoms with E-state index in [1.807, 2.05) is 4.90 Å². The zero-order valence-electron chi connectivity index (χ0n) is 14.6. The first-order chi connectivity index (χ1) is 12.8. The van der Waals surface area contributed by atoms with E-state index in [1.54, 1.807) is 0 Å². The molecule has 10 nitrogen and oxygen atoms in total. The van der Waals surface area contributed by atoms with Crippen molar-refractivity contribution in [3.8, 4) is 0 Å². The summed E-state index contributed by atoms with van der Waals surface area (Å²) in [5.74, 6) is 0.0229. The molecule has 5 N–H and O–H groups in total. The Morgan fingerprint density at radius 3 is 2.59 bits per heavy atom. The van der Waals surface area contributed by atoms with Crippen molar-refractivity contribution in [2.75, 3.05) is 18.0 Å². The van der Waals surface area contributed by atoms with Gasteiger partial charge in [-0.2, -0.15) is 5.10 Å². The average molecular weight is 400 g/mol. The first-order valence-corrected chi connectivity index (χ1v) is 9.17. The summed E-state index contributed by atoms with van der Waals surface area (Å²) in [7, 11) is 0. The van der Waals surface area contributed by atoms with Gasteiger partial charge in [0, 0.05) is 30.6 Å². The summed E-state index contributed by atoms with van der Waals surface area (Å²) >= 11 is 6.09. The number of rotatable bonds is 4. The highest BCUT2D eigenvalue weighted by Gasteiger charge is 2.46. The summed E-state index contributed by atoms with van der Waals surface area (Å²) in [6, 6.07) is -0.171. The molecule has 11 heteroatoms. The Bertz CT molecular complexity index is 777. The van der Waals surface area contributed by atoms with Gasteiger partial charge in [0.25, 0.3) is 5.56 Å². The van der Waals surface area contributed by atoms with Crippen LogP contribution in [0.2, 0.25) is 5.02 Å². The summed E-state index contributed by atoms with van der Waals surface area (Å²) in [6.45, 7) is 1.18. The molecule has 2 heterocycles. The van der Waals surface area contributed by atoms with Crippen LogP contribution in [0.5, 0.6) is 0 Å². The Hall–Kier alpha value is -2.49. The van der Waals surface area contributed by atoms with Crippen molar-refractivity contribution in [3.05, 3.63) is 21.6 Å². The number of carboxylic acid groups (broad SMARTS) is 2. The van der Waals surface area contributed by atoms with Gasteiger partial charge < -0.3 is 25.7 Å². The van der Waals surface area contributed by atoms with E-state index in [4.69, 9.17) is 16.7 Å². The molecule has 1 saturated carbocycles. The van der Waals surface area contributed by atoms with Crippen LogP contribution in [0.1, 0.15) is 32.1 Å². The second-order valence-corrected chi connectivity index (χ2v) is 7.52. The van der Waals surface area contributed by atoms with Gasteiger partial charge in [-0.3, -0.25) is 4.79 Å². The van der Waals surface area contributed by atoms with Crippen molar-refractivity contribution in [2.24, 2.45) is 5.92 Å². The molecule has 0 radical (unpaired) electrons. The molecule has 2 amide bonds. The number of nitrogens with zero attached hydrogens (tertiary/aromatic N) is 2. The third-order valence-corrected chi connectivity index (χ3v) is 6.01. The van der Waals surface area contributed by atoms with E-state index in [1.165, 1.54) is 6.20 Å². The third-order valence-electron chi connectivity index (χ3n) is 5.65. The number of anilines is 1. The number of nitrogens with one attached hydrogen (secondary N) is 3. The molecule has 1 atom stereocenters. The number of hydrogen-bond acceptors (Lipinski definition) is 5. The minimum Gasteiger partial charge on any atom is -0.465 e. The van der Waals surface area contributed by atoms with Crippen LogP contribution in [-0.4, -0.2) is 57.3 Å². The van der Waals surface area contributed by atoms with Crippen LogP contribution >= 0.6 is 11.6 Å². The van der Waals surface area contributed by atoms with Gasteiger partial charge in [0.1, 0.15) is 5.02 Å². The number of H-pyrrole nitrogens is 1. The zero-order valence-corrected chi connectivity index (χ0v) is 15.3. The Kier molecular flexibility index (Phi) is 5.45. The number of amides is 2. The first kappa shape index (κ1) is 19.3. The molecule has 0 bridgehead atoms. The maximum atomic E-state index is 11.7. The van der Waals surface area contributed by atoms with Gasteiger partial charge in [0.2, 0.25) is 0 Å². The Labute approximate surface area is 159 Å².